The number of nitrogens with two attached hydrogens (primary N) is 1. The van der Waals surface area contributed by atoms with Crippen LogP contribution in [0.1, 0.15) is 15.2 Å². The van der Waals surface area contributed by atoms with E-state index in [1.807, 2.05) is 6.07 Å². The SMILES string of the molecule is NS(=O)(=O)c1ccsc1C(=O)NCCc1cc(Cl)c2c(c1)OCCO2. The van der Waals surface area contributed by atoms with E-state index in [4.69, 9.17) is 26.2 Å². The summed E-state index contributed by atoms with van der Waals surface area (Å²) in [6, 6.07) is 4.88. The van der Waals surface area contributed by atoms with Gasteiger partial charge in [-0.25, -0.2) is 13.6 Å². The van der Waals surface area contributed by atoms with Crippen LogP contribution >= 0.6 is 22.9 Å². The zero-order valence-electron chi connectivity index (χ0n) is 13.0. The van der Waals surface area contributed by atoms with Crippen LogP contribution in [-0.4, -0.2) is 34.1 Å². The van der Waals surface area contributed by atoms with Gasteiger partial charge >= 0.3 is 0 Å². The van der Waals surface area contributed by atoms with Crippen LogP contribution in [0.25, 0.3) is 0 Å². The normalized spacial score (nSPS) is 13.5. The summed E-state index contributed by atoms with van der Waals surface area (Å²) >= 11 is 7.19. The molecular formula is C15H15ClN2O5S2. The van der Waals surface area contributed by atoms with E-state index in [2.05, 4.69) is 5.32 Å². The Morgan fingerprint density at radius 1 is 1.32 bits per heavy atom. The molecule has 10 heteroatoms. The molecule has 1 amide bonds. The number of amides is 1. The molecule has 0 bridgehead atoms. The lowest BCUT2D eigenvalue weighted by molar-refractivity contribution is 0.0955. The van der Waals surface area contributed by atoms with Gasteiger partial charge in [0.15, 0.2) is 11.5 Å². The molecule has 0 unspecified atom stereocenters. The van der Waals surface area contributed by atoms with E-state index in [-0.39, 0.29) is 9.77 Å². The van der Waals surface area contributed by atoms with Crippen molar-refractivity contribution < 1.29 is 22.7 Å². The number of hydrogen-bond donors (Lipinski definition) is 2. The fourth-order valence-corrected chi connectivity index (χ4v) is 4.58. The van der Waals surface area contributed by atoms with Crippen LogP contribution in [0.5, 0.6) is 11.5 Å². The van der Waals surface area contributed by atoms with Crippen molar-refractivity contribution in [1.82, 2.24) is 5.32 Å². The summed E-state index contributed by atoms with van der Waals surface area (Å²) in [5.41, 5.74) is 0.868. The molecule has 2 heterocycles. The topological polar surface area (TPSA) is 108 Å². The van der Waals surface area contributed by atoms with Crippen molar-refractivity contribution in [3.05, 3.63) is 39.0 Å². The van der Waals surface area contributed by atoms with E-state index in [0.717, 1.165) is 16.9 Å². The first-order valence-electron chi connectivity index (χ1n) is 7.33. The molecule has 1 aliphatic heterocycles. The lowest BCUT2D eigenvalue weighted by atomic mass is 10.1. The minimum atomic E-state index is -3.93. The van der Waals surface area contributed by atoms with Gasteiger partial charge in [-0.05, 0) is 35.6 Å². The van der Waals surface area contributed by atoms with Gasteiger partial charge in [-0.15, -0.1) is 11.3 Å². The highest BCUT2D eigenvalue weighted by molar-refractivity contribution is 7.89. The van der Waals surface area contributed by atoms with Crippen molar-refractivity contribution in [2.45, 2.75) is 11.3 Å². The third-order valence-corrected chi connectivity index (χ3v) is 5.77. The third-order valence-electron chi connectivity index (χ3n) is 3.50. The first-order chi connectivity index (χ1) is 11.9. The molecule has 134 valence electrons. The summed E-state index contributed by atoms with van der Waals surface area (Å²) in [6.45, 7) is 1.21. The maximum atomic E-state index is 12.2. The molecule has 3 rings (SSSR count). The van der Waals surface area contributed by atoms with Gasteiger partial charge in [-0.2, -0.15) is 0 Å². The number of carbonyl (C=O) groups excluding carboxylic acids is 1. The van der Waals surface area contributed by atoms with Crippen molar-refractivity contribution in [3.63, 3.8) is 0 Å². The highest BCUT2D eigenvalue weighted by Crippen LogP contribution is 2.38. The van der Waals surface area contributed by atoms with Gasteiger partial charge in [0, 0.05) is 6.54 Å². The maximum Gasteiger partial charge on any atom is 0.262 e. The molecule has 2 aromatic rings. The number of ether oxygens (including phenoxy) is 2. The number of halogens is 1. The van der Waals surface area contributed by atoms with Crippen molar-refractivity contribution >= 4 is 38.9 Å². The number of nitrogens with one attached hydrogen (secondary N) is 1. The lowest BCUT2D eigenvalue weighted by Crippen LogP contribution is -2.27. The van der Waals surface area contributed by atoms with Crippen LogP contribution in [0.4, 0.5) is 0 Å². The molecule has 25 heavy (non-hydrogen) atoms. The Bertz CT molecular complexity index is 911. The van der Waals surface area contributed by atoms with Gasteiger partial charge in [-0.1, -0.05) is 11.6 Å². The lowest BCUT2D eigenvalue weighted by Gasteiger charge is -2.20. The van der Waals surface area contributed by atoms with Gasteiger partial charge in [0.2, 0.25) is 10.0 Å². The van der Waals surface area contributed by atoms with Gasteiger partial charge in [-0.3, -0.25) is 4.79 Å². The van der Waals surface area contributed by atoms with Gasteiger partial charge in [0.1, 0.15) is 23.0 Å². The van der Waals surface area contributed by atoms with Crippen LogP contribution in [0, 0.1) is 0 Å². The van der Waals surface area contributed by atoms with Crippen LogP contribution in [0.2, 0.25) is 5.02 Å². The Morgan fingerprint density at radius 2 is 2.08 bits per heavy atom. The molecule has 7 nitrogen and oxygen atoms in total. The molecule has 1 aromatic carbocycles. The predicted octanol–water partition coefficient (Wildman–Crippen LogP) is 1.79. The van der Waals surface area contributed by atoms with Crippen LogP contribution < -0.4 is 19.9 Å². The number of thiophene rings is 1. The zero-order chi connectivity index (χ0) is 18.0. The summed E-state index contributed by atoms with van der Waals surface area (Å²) in [4.78, 5) is 12.1. The molecule has 0 aliphatic carbocycles. The molecule has 0 radical (unpaired) electrons. The molecule has 0 saturated carbocycles. The minimum Gasteiger partial charge on any atom is -0.486 e. The van der Waals surface area contributed by atoms with Crippen molar-refractivity contribution in [3.8, 4) is 11.5 Å². The summed E-state index contributed by atoms with van der Waals surface area (Å²) < 4.78 is 33.9. The van der Waals surface area contributed by atoms with Crippen molar-refractivity contribution in [1.29, 1.82) is 0 Å². The van der Waals surface area contributed by atoms with E-state index in [0.29, 0.717) is 42.7 Å². The Hall–Kier alpha value is -1.81. The average molecular weight is 403 g/mol. The Labute approximate surface area is 153 Å². The molecule has 1 aromatic heterocycles. The molecule has 0 fully saturated rings. The van der Waals surface area contributed by atoms with E-state index >= 15 is 0 Å². The second-order valence-corrected chi connectivity index (χ2v) is 8.12. The largest absolute Gasteiger partial charge is 0.486 e. The quantitative estimate of drug-likeness (QED) is 0.792. The molecular weight excluding hydrogens is 388 g/mol. The van der Waals surface area contributed by atoms with Crippen LogP contribution in [-0.2, 0) is 16.4 Å². The number of sulfonamides is 1. The monoisotopic (exact) mass is 402 g/mol. The van der Waals surface area contributed by atoms with E-state index in [1.54, 1.807) is 6.07 Å². The van der Waals surface area contributed by atoms with E-state index in [9.17, 15) is 13.2 Å². The number of rotatable bonds is 5. The maximum absolute atomic E-state index is 12.2. The third kappa shape index (κ3) is 4.06. The van der Waals surface area contributed by atoms with Gasteiger partial charge < -0.3 is 14.8 Å². The summed E-state index contributed by atoms with van der Waals surface area (Å²) in [5, 5.41) is 9.74. The van der Waals surface area contributed by atoms with Crippen molar-refractivity contribution in [2.24, 2.45) is 5.14 Å². The predicted molar refractivity (Wildman–Crippen MR) is 94.2 cm³/mol. The van der Waals surface area contributed by atoms with E-state index < -0.39 is 15.9 Å². The second-order valence-electron chi connectivity index (χ2n) is 5.27. The molecule has 1 aliphatic rings. The van der Waals surface area contributed by atoms with E-state index in [1.165, 1.54) is 11.4 Å². The van der Waals surface area contributed by atoms with Gasteiger partial charge in [0.25, 0.3) is 5.91 Å². The van der Waals surface area contributed by atoms with Gasteiger partial charge in [0.05, 0.1) is 5.02 Å². The summed E-state index contributed by atoms with van der Waals surface area (Å²) in [7, 11) is -3.93. The highest BCUT2D eigenvalue weighted by Gasteiger charge is 2.21. The number of benzene rings is 1. The molecule has 0 atom stereocenters. The fourth-order valence-electron chi connectivity index (χ4n) is 2.40. The summed E-state index contributed by atoms with van der Waals surface area (Å²) in [6.07, 6.45) is 0.498. The Kier molecular flexibility index (Phi) is 5.19. The number of carbonyl (C=O) groups is 1. The second kappa shape index (κ2) is 7.20. The standard InChI is InChI=1S/C15H15ClN2O5S2/c16-10-7-9(8-11-13(10)23-5-4-22-11)1-3-18-15(19)14-12(2-6-24-14)25(17,20)21/h2,6-8H,1,3-5H2,(H,18,19)(H2,17,20,21). The number of hydrogen-bond acceptors (Lipinski definition) is 6. The zero-order valence-corrected chi connectivity index (χ0v) is 15.3. The highest BCUT2D eigenvalue weighted by atomic mass is 35.5. The van der Waals surface area contributed by atoms with Crippen LogP contribution in [0.3, 0.4) is 0 Å². The van der Waals surface area contributed by atoms with Crippen molar-refractivity contribution in [2.75, 3.05) is 19.8 Å². The fraction of sp³-hybridized carbons (Fsp3) is 0.267. The van der Waals surface area contributed by atoms with Crippen LogP contribution in [0.15, 0.2) is 28.5 Å². The first-order valence-corrected chi connectivity index (χ1v) is 10.1. The number of primary sulfonamides is 1. The summed E-state index contributed by atoms with van der Waals surface area (Å²) in [5.74, 6) is 0.620. The smallest absolute Gasteiger partial charge is 0.262 e. The average Bonchev–Trinajstić information content (AvgIpc) is 3.05. The Morgan fingerprint density at radius 3 is 2.84 bits per heavy atom. The molecule has 3 N–H and O–H groups in total. The Balaban J connectivity index is 1.65. The molecule has 0 saturated heterocycles. The molecule has 0 spiro atoms. The minimum absolute atomic E-state index is 0.0720. The first kappa shape index (κ1) is 18.0. The number of fused-ring (bicyclic) bond motifs is 1.